The number of benzene rings is 1. The van der Waals surface area contributed by atoms with Crippen molar-refractivity contribution in [2.75, 3.05) is 25.5 Å². The Bertz CT molecular complexity index is 803. The van der Waals surface area contributed by atoms with Crippen LogP contribution in [0.25, 0.3) is 0 Å². The maximum Gasteiger partial charge on any atom is 0.252 e. The van der Waals surface area contributed by atoms with E-state index in [-0.39, 0.29) is 11.8 Å². The van der Waals surface area contributed by atoms with Crippen molar-refractivity contribution in [1.82, 2.24) is 15.6 Å². The number of amides is 2. The molecule has 0 spiro atoms. The molecule has 7 nitrogen and oxygen atoms in total. The second kappa shape index (κ2) is 9.91. The summed E-state index contributed by atoms with van der Waals surface area (Å²) < 4.78 is 5.20. The van der Waals surface area contributed by atoms with E-state index in [9.17, 15) is 9.59 Å². The third kappa shape index (κ3) is 5.47. The molecule has 1 saturated carbocycles. The number of carbonyl (C=O) groups excluding carboxylic acids is 2. The lowest BCUT2D eigenvalue weighted by molar-refractivity contribution is -0.126. The fourth-order valence-electron chi connectivity index (χ4n) is 3.64. The Balaban J connectivity index is 1.55. The summed E-state index contributed by atoms with van der Waals surface area (Å²) in [5, 5.41) is 9.25. The molecule has 0 atom stereocenters. The first-order valence-corrected chi connectivity index (χ1v) is 10.0. The fourth-order valence-corrected chi connectivity index (χ4v) is 3.64. The van der Waals surface area contributed by atoms with Gasteiger partial charge in [0.15, 0.2) is 0 Å². The summed E-state index contributed by atoms with van der Waals surface area (Å²) in [5.41, 5.74) is 0.775. The van der Waals surface area contributed by atoms with Crippen LogP contribution in [0.15, 0.2) is 48.8 Å². The van der Waals surface area contributed by atoms with Crippen molar-refractivity contribution in [3.63, 3.8) is 0 Å². The van der Waals surface area contributed by atoms with E-state index in [2.05, 4.69) is 20.9 Å². The molecule has 3 rings (SSSR count). The monoisotopic (exact) mass is 396 g/mol. The molecule has 1 aromatic carbocycles. The van der Waals surface area contributed by atoms with E-state index in [0.29, 0.717) is 18.7 Å². The Morgan fingerprint density at radius 2 is 1.76 bits per heavy atom. The number of hydrogen-bond donors (Lipinski definition) is 3. The van der Waals surface area contributed by atoms with Gasteiger partial charge in [0.05, 0.1) is 12.7 Å². The molecule has 1 fully saturated rings. The van der Waals surface area contributed by atoms with Crippen LogP contribution in [-0.4, -0.2) is 42.5 Å². The second-order valence-corrected chi connectivity index (χ2v) is 7.25. The van der Waals surface area contributed by atoms with Crippen molar-refractivity contribution >= 4 is 17.5 Å². The molecule has 7 heteroatoms. The van der Waals surface area contributed by atoms with Gasteiger partial charge in [-0.25, -0.2) is 0 Å². The van der Waals surface area contributed by atoms with Gasteiger partial charge in [0.1, 0.15) is 11.3 Å². The average molecular weight is 396 g/mol. The van der Waals surface area contributed by atoms with E-state index < -0.39 is 5.54 Å². The van der Waals surface area contributed by atoms with Gasteiger partial charge in [-0.05, 0) is 49.2 Å². The maximum atomic E-state index is 13.0. The lowest BCUT2D eigenvalue weighted by Gasteiger charge is -2.37. The molecule has 1 heterocycles. The van der Waals surface area contributed by atoms with Crippen molar-refractivity contribution in [3.05, 3.63) is 54.4 Å². The van der Waals surface area contributed by atoms with Gasteiger partial charge in [0.25, 0.3) is 5.91 Å². The van der Waals surface area contributed by atoms with Gasteiger partial charge in [0, 0.05) is 31.2 Å². The Labute approximate surface area is 171 Å². The average Bonchev–Trinajstić information content (AvgIpc) is 2.78. The molecule has 2 aromatic rings. The van der Waals surface area contributed by atoms with Gasteiger partial charge in [0.2, 0.25) is 5.91 Å². The van der Waals surface area contributed by atoms with Crippen LogP contribution in [0.3, 0.4) is 0 Å². The number of nitrogens with zero attached hydrogens (tertiary/aromatic N) is 1. The van der Waals surface area contributed by atoms with Crippen LogP contribution in [0.5, 0.6) is 5.75 Å². The molecule has 1 aliphatic carbocycles. The summed E-state index contributed by atoms with van der Waals surface area (Å²) in [6, 6.07) is 11.0. The number of pyridine rings is 1. The van der Waals surface area contributed by atoms with Gasteiger partial charge in [-0.15, -0.1) is 0 Å². The number of nitrogens with one attached hydrogen (secondary N) is 3. The zero-order chi connectivity index (χ0) is 20.5. The third-order valence-electron chi connectivity index (χ3n) is 5.24. The summed E-state index contributed by atoms with van der Waals surface area (Å²) in [5.74, 6) is 0.557. The normalized spacial score (nSPS) is 15.2. The minimum absolute atomic E-state index is 0.0244. The Kier molecular flexibility index (Phi) is 7.05. The number of anilines is 1. The molecule has 0 radical (unpaired) electrons. The minimum atomic E-state index is -0.625. The van der Waals surface area contributed by atoms with Crippen LogP contribution < -0.4 is 20.7 Å². The molecule has 0 bridgehead atoms. The first-order valence-electron chi connectivity index (χ1n) is 10.0. The van der Waals surface area contributed by atoms with E-state index in [1.54, 1.807) is 25.4 Å². The van der Waals surface area contributed by atoms with Gasteiger partial charge in [-0.2, -0.15) is 0 Å². The zero-order valence-electron chi connectivity index (χ0n) is 16.7. The zero-order valence-corrected chi connectivity index (χ0v) is 16.7. The number of aromatic nitrogens is 1. The highest BCUT2D eigenvalue weighted by Crippen LogP contribution is 2.32. The second-order valence-electron chi connectivity index (χ2n) is 7.25. The quantitative estimate of drug-likeness (QED) is 0.597. The van der Waals surface area contributed by atoms with E-state index in [0.717, 1.165) is 43.5 Å². The molecular formula is C22H28N4O3. The highest BCUT2D eigenvalue weighted by atomic mass is 16.5. The topological polar surface area (TPSA) is 92.4 Å². The van der Waals surface area contributed by atoms with Crippen molar-refractivity contribution in [3.8, 4) is 5.75 Å². The van der Waals surface area contributed by atoms with Crippen molar-refractivity contribution in [1.29, 1.82) is 0 Å². The summed E-state index contributed by atoms with van der Waals surface area (Å²) in [6.45, 7) is 0.731. The van der Waals surface area contributed by atoms with E-state index >= 15 is 0 Å². The molecule has 29 heavy (non-hydrogen) atoms. The van der Waals surface area contributed by atoms with Crippen LogP contribution in [0, 0.1) is 0 Å². The van der Waals surface area contributed by atoms with Crippen molar-refractivity contribution in [2.24, 2.45) is 0 Å². The van der Waals surface area contributed by atoms with Gasteiger partial charge in [-0.1, -0.05) is 19.3 Å². The van der Waals surface area contributed by atoms with Crippen LogP contribution in [0.4, 0.5) is 5.69 Å². The predicted molar refractivity (Wildman–Crippen MR) is 112 cm³/mol. The lowest BCUT2D eigenvalue weighted by Crippen LogP contribution is -2.54. The number of methoxy groups -OCH3 is 1. The highest BCUT2D eigenvalue weighted by Gasteiger charge is 2.39. The molecule has 0 saturated heterocycles. The highest BCUT2D eigenvalue weighted by molar-refractivity contribution is 5.94. The fraction of sp³-hybridized carbons (Fsp3) is 0.409. The first-order chi connectivity index (χ1) is 14.1. The minimum Gasteiger partial charge on any atom is -0.497 e. The van der Waals surface area contributed by atoms with E-state index in [1.165, 1.54) is 6.20 Å². The third-order valence-corrected chi connectivity index (χ3v) is 5.24. The van der Waals surface area contributed by atoms with Gasteiger partial charge < -0.3 is 20.7 Å². The molecular weight excluding hydrogens is 368 g/mol. The Morgan fingerprint density at radius 3 is 2.41 bits per heavy atom. The van der Waals surface area contributed by atoms with Gasteiger partial charge in [-0.3, -0.25) is 14.6 Å². The molecule has 154 valence electrons. The van der Waals surface area contributed by atoms with Crippen molar-refractivity contribution in [2.45, 2.75) is 37.6 Å². The molecule has 0 unspecified atom stereocenters. The lowest BCUT2D eigenvalue weighted by atomic mass is 9.80. The van der Waals surface area contributed by atoms with E-state index in [1.807, 2.05) is 24.3 Å². The molecule has 2 amide bonds. The largest absolute Gasteiger partial charge is 0.497 e. The molecule has 1 aromatic heterocycles. The predicted octanol–water partition coefficient (Wildman–Crippen LogP) is 2.75. The first kappa shape index (κ1) is 20.6. The number of ether oxygens (including phenoxy) is 1. The smallest absolute Gasteiger partial charge is 0.252 e. The molecule has 0 aliphatic heterocycles. The number of carbonyl (C=O) groups is 2. The van der Waals surface area contributed by atoms with E-state index in [4.69, 9.17) is 4.74 Å². The summed E-state index contributed by atoms with van der Waals surface area (Å²) in [7, 11) is 1.63. The summed E-state index contributed by atoms with van der Waals surface area (Å²) >= 11 is 0. The molecule has 3 N–H and O–H groups in total. The Hall–Kier alpha value is -3.09. The summed E-state index contributed by atoms with van der Waals surface area (Å²) in [6.07, 6.45) is 7.86. The van der Waals surface area contributed by atoms with Crippen LogP contribution >= 0.6 is 0 Å². The number of rotatable bonds is 8. The summed E-state index contributed by atoms with van der Waals surface area (Å²) in [4.78, 5) is 29.0. The Morgan fingerprint density at radius 1 is 1.03 bits per heavy atom. The standard InChI is InChI=1S/C22H28N4O3/c1-29-19-9-7-18(8-10-19)26-22(11-3-2-4-12-22)21(28)25-15-14-24-20(27)17-6-5-13-23-16-17/h5-10,13,16,26H,2-4,11-12,14-15H2,1H3,(H,24,27)(H,25,28). The van der Waals surface area contributed by atoms with Gasteiger partial charge >= 0.3 is 0 Å². The SMILES string of the molecule is COc1ccc(NC2(C(=O)NCCNC(=O)c3cccnc3)CCCCC2)cc1. The maximum absolute atomic E-state index is 13.0. The number of hydrogen-bond acceptors (Lipinski definition) is 5. The van der Waals surface area contributed by atoms with Crippen LogP contribution in [-0.2, 0) is 4.79 Å². The van der Waals surface area contributed by atoms with Crippen LogP contribution in [0.2, 0.25) is 0 Å². The van der Waals surface area contributed by atoms with Crippen LogP contribution in [0.1, 0.15) is 42.5 Å². The van der Waals surface area contributed by atoms with Crippen molar-refractivity contribution < 1.29 is 14.3 Å². The molecule has 1 aliphatic rings.